The first-order valence-electron chi connectivity index (χ1n) is 7.46. The van der Waals surface area contributed by atoms with Crippen LogP contribution in [0.15, 0.2) is 18.2 Å². The van der Waals surface area contributed by atoms with Gasteiger partial charge in [0, 0.05) is 0 Å². The monoisotopic (exact) mass is 360 g/mol. The van der Waals surface area contributed by atoms with Crippen molar-refractivity contribution in [3.05, 3.63) is 29.3 Å². The molecule has 2 nitrogen and oxygen atoms in total. The normalized spacial score (nSPS) is 12.0. The van der Waals surface area contributed by atoms with E-state index in [-0.39, 0.29) is 12.7 Å². The highest BCUT2D eigenvalue weighted by Gasteiger charge is 2.41. The third kappa shape index (κ3) is 7.90. The van der Waals surface area contributed by atoms with Crippen LogP contribution >= 0.6 is 0 Å². The van der Waals surface area contributed by atoms with E-state index >= 15 is 0 Å². The Morgan fingerprint density at radius 1 is 0.875 bits per heavy atom. The topological polar surface area (TPSA) is 18.5 Å². The molecule has 1 aromatic carbocycles. The number of benzene rings is 1. The molecule has 0 amide bonds. The molecule has 0 aliphatic carbocycles. The van der Waals surface area contributed by atoms with Crippen molar-refractivity contribution in [2.24, 2.45) is 0 Å². The molecule has 0 saturated carbocycles. The highest BCUT2D eigenvalue weighted by atomic mass is 19.4. The van der Waals surface area contributed by atoms with Crippen molar-refractivity contribution >= 4 is 0 Å². The molecule has 0 aliphatic heterocycles. The molecule has 0 radical (unpaired) electrons. The molecule has 0 atom stereocenters. The summed E-state index contributed by atoms with van der Waals surface area (Å²) in [5.74, 6) is -1.22. The lowest BCUT2D eigenvalue weighted by Crippen LogP contribution is -2.18. The van der Waals surface area contributed by atoms with Crippen LogP contribution in [0, 0.1) is 0 Å². The van der Waals surface area contributed by atoms with E-state index in [2.05, 4.69) is 13.8 Å². The Morgan fingerprint density at radius 3 is 1.62 bits per heavy atom. The maximum Gasteiger partial charge on any atom is 0.419 e. The Hall–Kier alpha value is -1.44. The number of halogens is 6. The van der Waals surface area contributed by atoms with Gasteiger partial charge >= 0.3 is 12.4 Å². The van der Waals surface area contributed by atoms with E-state index in [1.54, 1.807) is 13.8 Å². The Balaban J connectivity index is 0.00000163. The van der Waals surface area contributed by atoms with Gasteiger partial charge in [-0.2, -0.15) is 26.3 Å². The van der Waals surface area contributed by atoms with Crippen molar-refractivity contribution in [2.45, 2.75) is 52.6 Å². The summed E-state index contributed by atoms with van der Waals surface area (Å²) < 4.78 is 86.4. The smallest absolute Gasteiger partial charge is 0.419 e. The van der Waals surface area contributed by atoms with Gasteiger partial charge in [-0.1, -0.05) is 26.3 Å². The molecule has 0 saturated heterocycles. The van der Waals surface area contributed by atoms with E-state index < -0.39 is 35.8 Å². The van der Waals surface area contributed by atoms with Crippen LogP contribution in [0.2, 0.25) is 0 Å². The molecule has 8 heteroatoms. The minimum atomic E-state index is -4.94. The molecule has 1 rings (SSSR count). The third-order valence-corrected chi connectivity index (χ3v) is 2.41. The Bertz CT molecular complexity index is 448. The lowest BCUT2D eigenvalue weighted by Gasteiger charge is -2.19. The predicted molar refractivity (Wildman–Crippen MR) is 79.0 cm³/mol. The van der Waals surface area contributed by atoms with Gasteiger partial charge in [0.2, 0.25) is 0 Å². The Labute approximate surface area is 137 Å². The fourth-order valence-electron chi connectivity index (χ4n) is 1.57. The van der Waals surface area contributed by atoms with Crippen LogP contribution in [0.4, 0.5) is 26.3 Å². The largest absolute Gasteiger partial charge is 0.490 e. The van der Waals surface area contributed by atoms with Crippen LogP contribution in [0.1, 0.15) is 45.2 Å². The van der Waals surface area contributed by atoms with Crippen LogP contribution < -0.4 is 4.74 Å². The SMILES string of the molecule is CC(C)OCCOc1c(C(F)(F)F)cccc1C(F)(F)F.CCC. The van der Waals surface area contributed by atoms with Crippen LogP contribution in [-0.2, 0) is 17.1 Å². The summed E-state index contributed by atoms with van der Waals surface area (Å²) in [7, 11) is 0. The van der Waals surface area contributed by atoms with Crippen molar-refractivity contribution in [2.75, 3.05) is 13.2 Å². The van der Waals surface area contributed by atoms with Crippen molar-refractivity contribution < 1.29 is 35.8 Å². The summed E-state index contributed by atoms with van der Waals surface area (Å²) in [5.41, 5.74) is -2.91. The average Bonchev–Trinajstić information content (AvgIpc) is 2.42. The quantitative estimate of drug-likeness (QED) is 0.478. The van der Waals surface area contributed by atoms with E-state index in [0.717, 1.165) is 0 Å². The van der Waals surface area contributed by atoms with Gasteiger partial charge in [0.05, 0.1) is 23.8 Å². The van der Waals surface area contributed by atoms with Crippen LogP contribution in [-0.4, -0.2) is 19.3 Å². The molecular formula is C16H22F6O2. The van der Waals surface area contributed by atoms with E-state index in [1.807, 2.05) is 0 Å². The van der Waals surface area contributed by atoms with Gasteiger partial charge in [0.15, 0.2) is 0 Å². The molecule has 140 valence electrons. The van der Waals surface area contributed by atoms with Crippen LogP contribution in [0.5, 0.6) is 5.75 Å². The van der Waals surface area contributed by atoms with E-state index in [1.165, 1.54) is 6.42 Å². The highest BCUT2D eigenvalue weighted by molar-refractivity contribution is 5.44. The van der Waals surface area contributed by atoms with Gasteiger partial charge < -0.3 is 9.47 Å². The van der Waals surface area contributed by atoms with E-state index in [4.69, 9.17) is 9.47 Å². The summed E-state index contributed by atoms with van der Waals surface area (Å²) >= 11 is 0. The zero-order valence-corrected chi connectivity index (χ0v) is 14.0. The molecule has 0 spiro atoms. The van der Waals surface area contributed by atoms with E-state index in [9.17, 15) is 26.3 Å². The molecule has 0 heterocycles. The third-order valence-electron chi connectivity index (χ3n) is 2.41. The fraction of sp³-hybridized carbons (Fsp3) is 0.625. The minimum absolute atomic E-state index is 0.110. The van der Waals surface area contributed by atoms with Gasteiger partial charge in [-0.05, 0) is 26.0 Å². The van der Waals surface area contributed by atoms with Gasteiger partial charge in [0.25, 0.3) is 0 Å². The second-order valence-corrected chi connectivity index (χ2v) is 5.15. The first-order valence-corrected chi connectivity index (χ1v) is 7.46. The summed E-state index contributed by atoms with van der Waals surface area (Å²) in [6.45, 7) is 7.10. The number of hydrogen-bond acceptors (Lipinski definition) is 2. The van der Waals surface area contributed by atoms with Gasteiger partial charge in [-0.3, -0.25) is 0 Å². The second-order valence-electron chi connectivity index (χ2n) is 5.15. The fourth-order valence-corrected chi connectivity index (χ4v) is 1.57. The molecular weight excluding hydrogens is 338 g/mol. The molecule has 0 aromatic heterocycles. The summed E-state index contributed by atoms with van der Waals surface area (Å²) in [4.78, 5) is 0. The molecule has 24 heavy (non-hydrogen) atoms. The molecule has 0 fully saturated rings. The van der Waals surface area contributed by atoms with Crippen LogP contribution in [0.3, 0.4) is 0 Å². The minimum Gasteiger partial charge on any atom is -0.490 e. The predicted octanol–water partition coefficient (Wildman–Crippen LogP) is 5.94. The summed E-state index contributed by atoms with van der Waals surface area (Å²) in [6, 6.07) is 1.80. The zero-order chi connectivity index (χ0) is 19.0. The van der Waals surface area contributed by atoms with Crippen molar-refractivity contribution in [3.63, 3.8) is 0 Å². The second kappa shape index (κ2) is 9.76. The molecule has 0 aliphatic rings. The lowest BCUT2D eigenvalue weighted by molar-refractivity contribution is -0.145. The first kappa shape index (κ1) is 22.6. The number of alkyl halides is 6. The van der Waals surface area contributed by atoms with E-state index in [0.29, 0.717) is 18.2 Å². The highest BCUT2D eigenvalue weighted by Crippen LogP contribution is 2.43. The summed E-state index contributed by atoms with van der Waals surface area (Å²) in [6.07, 6.45) is -8.82. The standard InChI is InChI=1S/C13H14F6O2.C3H8/c1-8(2)20-6-7-21-11-9(12(14,15)16)4-3-5-10(11)13(17,18)19;1-3-2/h3-5,8H,6-7H2,1-2H3;3H2,1-2H3. The van der Waals surface area contributed by atoms with Gasteiger partial charge in [0.1, 0.15) is 12.4 Å². The number of para-hydroxylation sites is 1. The number of rotatable bonds is 5. The maximum atomic E-state index is 12.8. The van der Waals surface area contributed by atoms with Gasteiger partial charge in [-0.15, -0.1) is 0 Å². The first-order chi connectivity index (χ1) is 10.9. The Kier molecular flexibility index (Phi) is 9.17. The van der Waals surface area contributed by atoms with Crippen LogP contribution in [0.25, 0.3) is 0 Å². The molecule has 0 unspecified atom stereocenters. The zero-order valence-electron chi connectivity index (χ0n) is 14.0. The van der Waals surface area contributed by atoms with Gasteiger partial charge in [-0.25, -0.2) is 0 Å². The molecule has 0 bridgehead atoms. The number of hydrogen-bond donors (Lipinski definition) is 0. The average molecular weight is 360 g/mol. The molecule has 1 aromatic rings. The maximum absolute atomic E-state index is 12.8. The van der Waals surface area contributed by atoms with Crippen molar-refractivity contribution in [1.29, 1.82) is 0 Å². The van der Waals surface area contributed by atoms with Crippen molar-refractivity contribution in [1.82, 2.24) is 0 Å². The summed E-state index contributed by atoms with van der Waals surface area (Å²) in [5, 5.41) is 0. The van der Waals surface area contributed by atoms with Crippen molar-refractivity contribution in [3.8, 4) is 5.75 Å². The molecule has 0 N–H and O–H groups in total. The number of ether oxygens (including phenoxy) is 2. The lowest BCUT2D eigenvalue weighted by atomic mass is 10.1. The Morgan fingerprint density at radius 2 is 1.29 bits per heavy atom.